The lowest BCUT2D eigenvalue weighted by Gasteiger charge is -2.21. The van der Waals surface area contributed by atoms with E-state index < -0.39 is 6.10 Å². The Bertz CT molecular complexity index is 388. The summed E-state index contributed by atoms with van der Waals surface area (Å²) in [5.41, 5.74) is 2.13. The molecule has 0 amide bonds. The highest BCUT2D eigenvalue weighted by Gasteiger charge is 2.36. The largest absolute Gasteiger partial charge is 0.390 e. The van der Waals surface area contributed by atoms with E-state index in [4.69, 9.17) is 16.3 Å². The second-order valence-corrected chi connectivity index (χ2v) is 5.31. The first-order chi connectivity index (χ1) is 8.11. The van der Waals surface area contributed by atoms with E-state index >= 15 is 0 Å². The van der Waals surface area contributed by atoms with Crippen molar-refractivity contribution in [3.8, 4) is 0 Å². The third kappa shape index (κ3) is 3.21. The second kappa shape index (κ2) is 5.38. The zero-order valence-corrected chi connectivity index (χ0v) is 11.1. The SMILES string of the molecule is COC(C(O)Cc1ccc(C)cc1Cl)C1CC1. The molecule has 0 aliphatic heterocycles. The van der Waals surface area contributed by atoms with Crippen molar-refractivity contribution in [3.05, 3.63) is 34.3 Å². The fourth-order valence-electron chi connectivity index (χ4n) is 2.25. The smallest absolute Gasteiger partial charge is 0.0861 e. The highest BCUT2D eigenvalue weighted by atomic mass is 35.5. The van der Waals surface area contributed by atoms with Crippen LogP contribution in [0.3, 0.4) is 0 Å². The third-order valence-electron chi connectivity index (χ3n) is 3.38. The minimum atomic E-state index is -0.465. The molecule has 1 fully saturated rings. The number of ether oxygens (including phenoxy) is 1. The summed E-state index contributed by atoms with van der Waals surface area (Å²) in [4.78, 5) is 0. The van der Waals surface area contributed by atoms with Crippen LogP contribution in [0.4, 0.5) is 0 Å². The molecule has 1 aromatic carbocycles. The molecule has 1 aromatic rings. The first-order valence-electron chi connectivity index (χ1n) is 6.07. The molecule has 1 aliphatic carbocycles. The quantitative estimate of drug-likeness (QED) is 0.875. The molecule has 0 radical (unpaired) electrons. The summed E-state index contributed by atoms with van der Waals surface area (Å²) in [6, 6.07) is 5.94. The zero-order valence-electron chi connectivity index (χ0n) is 10.3. The Labute approximate surface area is 108 Å². The van der Waals surface area contributed by atoms with Crippen molar-refractivity contribution in [1.82, 2.24) is 0 Å². The van der Waals surface area contributed by atoms with Crippen LogP contribution < -0.4 is 0 Å². The number of rotatable bonds is 5. The normalized spacial score (nSPS) is 19.1. The number of benzene rings is 1. The van der Waals surface area contributed by atoms with Crippen LogP contribution in [0.1, 0.15) is 24.0 Å². The molecule has 2 rings (SSSR count). The van der Waals surface area contributed by atoms with Crippen LogP contribution in [0.15, 0.2) is 18.2 Å². The van der Waals surface area contributed by atoms with Crippen LogP contribution in [0.5, 0.6) is 0 Å². The van der Waals surface area contributed by atoms with Gasteiger partial charge in [0.1, 0.15) is 0 Å². The first kappa shape index (κ1) is 12.9. The van der Waals surface area contributed by atoms with Gasteiger partial charge in [0, 0.05) is 18.6 Å². The van der Waals surface area contributed by atoms with Crippen LogP contribution in [-0.2, 0) is 11.2 Å². The van der Waals surface area contributed by atoms with Crippen LogP contribution in [0.25, 0.3) is 0 Å². The molecule has 0 saturated heterocycles. The van der Waals surface area contributed by atoms with Crippen LogP contribution in [0, 0.1) is 12.8 Å². The molecule has 1 saturated carbocycles. The lowest BCUT2D eigenvalue weighted by atomic mass is 10.00. The van der Waals surface area contributed by atoms with Gasteiger partial charge in [0.15, 0.2) is 0 Å². The standard InChI is InChI=1S/C14H19ClO2/c1-9-3-4-11(12(15)7-9)8-13(16)14(17-2)10-5-6-10/h3-4,7,10,13-14,16H,5-6,8H2,1-2H3. The number of halogens is 1. The van der Waals surface area contributed by atoms with Crippen LogP contribution >= 0.6 is 11.6 Å². The van der Waals surface area contributed by atoms with E-state index in [2.05, 4.69) is 0 Å². The second-order valence-electron chi connectivity index (χ2n) is 4.90. The van der Waals surface area contributed by atoms with E-state index in [9.17, 15) is 5.11 Å². The number of aryl methyl sites for hydroxylation is 1. The molecule has 2 nitrogen and oxygen atoms in total. The van der Waals surface area contributed by atoms with Crippen molar-refractivity contribution in [2.24, 2.45) is 5.92 Å². The van der Waals surface area contributed by atoms with Crippen molar-refractivity contribution >= 4 is 11.6 Å². The zero-order chi connectivity index (χ0) is 12.4. The Hall–Kier alpha value is -0.570. The average Bonchev–Trinajstić information content (AvgIpc) is 3.08. The number of methoxy groups -OCH3 is 1. The molecular formula is C14H19ClO2. The maximum atomic E-state index is 10.2. The van der Waals surface area contributed by atoms with Crippen LogP contribution in [-0.4, -0.2) is 24.4 Å². The third-order valence-corrected chi connectivity index (χ3v) is 3.73. The van der Waals surface area contributed by atoms with E-state index in [1.165, 1.54) is 0 Å². The highest BCUT2D eigenvalue weighted by Crippen LogP contribution is 2.36. The van der Waals surface area contributed by atoms with Gasteiger partial charge in [0.25, 0.3) is 0 Å². The van der Waals surface area contributed by atoms with Gasteiger partial charge in [-0.05, 0) is 42.9 Å². The number of hydrogen-bond acceptors (Lipinski definition) is 2. The van der Waals surface area contributed by atoms with Crippen molar-refractivity contribution < 1.29 is 9.84 Å². The van der Waals surface area contributed by atoms with E-state index in [-0.39, 0.29) is 6.10 Å². The highest BCUT2D eigenvalue weighted by molar-refractivity contribution is 6.31. The van der Waals surface area contributed by atoms with Crippen molar-refractivity contribution in [1.29, 1.82) is 0 Å². The molecule has 1 aliphatic rings. The molecule has 2 unspecified atom stereocenters. The molecule has 94 valence electrons. The predicted octanol–water partition coefficient (Wildman–Crippen LogP) is 2.98. The summed E-state index contributed by atoms with van der Waals surface area (Å²) >= 11 is 6.16. The summed E-state index contributed by atoms with van der Waals surface area (Å²) in [5, 5.41) is 10.9. The Morgan fingerprint density at radius 2 is 2.18 bits per heavy atom. The number of aliphatic hydroxyl groups is 1. The van der Waals surface area contributed by atoms with Gasteiger partial charge in [-0.2, -0.15) is 0 Å². The number of aliphatic hydroxyl groups excluding tert-OH is 1. The molecule has 0 bridgehead atoms. The summed E-state index contributed by atoms with van der Waals surface area (Å²) in [6.07, 6.45) is 2.38. The molecular weight excluding hydrogens is 236 g/mol. The Kier molecular flexibility index (Phi) is 4.08. The molecule has 0 heterocycles. The fourth-order valence-corrected chi connectivity index (χ4v) is 2.56. The summed E-state index contributed by atoms with van der Waals surface area (Å²) in [6.45, 7) is 2.01. The minimum Gasteiger partial charge on any atom is -0.390 e. The summed E-state index contributed by atoms with van der Waals surface area (Å²) in [7, 11) is 1.67. The molecule has 17 heavy (non-hydrogen) atoms. The molecule has 1 N–H and O–H groups in total. The van der Waals surface area contributed by atoms with Crippen molar-refractivity contribution in [2.75, 3.05) is 7.11 Å². The van der Waals surface area contributed by atoms with E-state index in [1.807, 2.05) is 25.1 Å². The van der Waals surface area contributed by atoms with Gasteiger partial charge in [-0.25, -0.2) is 0 Å². The van der Waals surface area contributed by atoms with Gasteiger partial charge in [-0.15, -0.1) is 0 Å². The predicted molar refractivity (Wildman–Crippen MR) is 69.4 cm³/mol. The van der Waals surface area contributed by atoms with Gasteiger partial charge in [-0.1, -0.05) is 23.7 Å². The van der Waals surface area contributed by atoms with Gasteiger partial charge in [0.2, 0.25) is 0 Å². The van der Waals surface area contributed by atoms with Crippen molar-refractivity contribution in [3.63, 3.8) is 0 Å². The van der Waals surface area contributed by atoms with Gasteiger partial charge in [-0.3, -0.25) is 0 Å². The molecule has 0 spiro atoms. The van der Waals surface area contributed by atoms with Gasteiger partial charge in [0.05, 0.1) is 12.2 Å². The maximum absolute atomic E-state index is 10.2. The molecule has 0 aromatic heterocycles. The molecule has 2 atom stereocenters. The Morgan fingerprint density at radius 1 is 1.47 bits per heavy atom. The average molecular weight is 255 g/mol. The lowest BCUT2D eigenvalue weighted by molar-refractivity contribution is -0.0237. The lowest BCUT2D eigenvalue weighted by Crippen LogP contribution is -2.31. The minimum absolute atomic E-state index is 0.0487. The topological polar surface area (TPSA) is 29.5 Å². The fraction of sp³-hybridized carbons (Fsp3) is 0.571. The Balaban J connectivity index is 2.03. The van der Waals surface area contributed by atoms with E-state index in [0.717, 1.165) is 29.0 Å². The van der Waals surface area contributed by atoms with Crippen molar-refractivity contribution in [2.45, 2.75) is 38.4 Å². The maximum Gasteiger partial charge on any atom is 0.0861 e. The van der Waals surface area contributed by atoms with E-state index in [0.29, 0.717) is 12.3 Å². The number of hydrogen-bond donors (Lipinski definition) is 1. The van der Waals surface area contributed by atoms with Gasteiger partial charge >= 0.3 is 0 Å². The molecule has 3 heteroatoms. The summed E-state index contributed by atoms with van der Waals surface area (Å²) < 4.78 is 5.38. The van der Waals surface area contributed by atoms with Gasteiger partial charge < -0.3 is 9.84 Å². The van der Waals surface area contributed by atoms with Crippen LogP contribution in [0.2, 0.25) is 5.02 Å². The summed E-state index contributed by atoms with van der Waals surface area (Å²) in [5.74, 6) is 0.527. The monoisotopic (exact) mass is 254 g/mol. The van der Waals surface area contributed by atoms with E-state index in [1.54, 1.807) is 7.11 Å². The first-order valence-corrected chi connectivity index (χ1v) is 6.45. The Morgan fingerprint density at radius 3 is 2.71 bits per heavy atom.